The van der Waals surface area contributed by atoms with Gasteiger partial charge in [-0.05, 0) is 12.1 Å². The lowest BCUT2D eigenvalue weighted by Gasteiger charge is -2.06. The summed E-state index contributed by atoms with van der Waals surface area (Å²) in [5.41, 5.74) is 0.314. The van der Waals surface area contributed by atoms with Crippen LogP contribution in [0.5, 0.6) is 0 Å². The summed E-state index contributed by atoms with van der Waals surface area (Å²) in [6.07, 6.45) is 5.58. The smallest absolute Gasteiger partial charge is 0.147 e. The van der Waals surface area contributed by atoms with Gasteiger partial charge in [0.2, 0.25) is 0 Å². The second-order valence-corrected chi connectivity index (χ2v) is 3.44. The standard InChI is InChI=1S/C10H8Cl2FN/c1-2-3-4-14-10-6-8(12)7(11)5-9(10)13/h1,5-6,14H,3-4H2. The van der Waals surface area contributed by atoms with Gasteiger partial charge in [0.15, 0.2) is 0 Å². The van der Waals surface area contributed by atoms with Crippen molar-refractivity contribution in [1.82, 2.24) is 0 Å². The van der Waals surface area contributed by atoms with Crippen molar-refractivity contribution in [2.24, 2.45) is 0 Å². The molecule has 0 aliphatic heterocycles. The van der Waals surface area contributed by atoms with Crippen molar-refractivity contribution in [3.05, 3.63) is 28.0 Å². The Balaban J connectivity index is 2.78. The second-order valence-electron chi connectivity index (χ2n) is 2.63. The molecule has 1 aromatic carbocycles. The number of anilines is 1. The van der Waals surface area contributed by atoms with Crippen LogP contribution in [-0.2, 0) is 0 Å². The first-order valence-electron chi connectivity index (χ1n) is 3.97. The molecule has 0 heterocycles. The van der Waals surface area contributed by atoms with Gasteiger partial charge in [-0.1, -0.05) is 23.2 Å². The van der Waals surface area contributed by atoms with Crippen LogP contribution in [0, 0.1) is 18.2 Å². The van der Waals surface area contributed by atoms with Crippen LogP contribution in [0.25, 0.3) is 0 Å². The van der Waals surface area contributed by atoms with E-state index in [2.05, 4.69) is 11.2 Å². The molecule has 0 spiro atoms. The number of terminal acetylenes is 1. The van der Waals surface area contributed by atoms with Gasteiger partial charge in [-0.3, -0.25) is 0 Å². The fraction of sp³-hybridized carbons (Fsp3) is 0.200. The van der Waals surface area contributed by atoms with E-state index in [1.807, 2.05) is 0 Å². The normalized spacial score (nSPS) is 9.57. The molecule has 14 heavy (non-hydrogen) atoms. The first kappa shape index (κ1) is 11.2. The summed E-state index contributed by atoms with van der Waals surface area (Å²) >= 11 is 11.3. The van der Waals surface area contributed by atoms with Crippen LogP contribution < -0.4 is 5.32 Å². The van der Waals surface area contributed by atoms with Gasteiger partial charge in [0, 0.05) is 13.0 Å². The van der Waals surface area contributed by atoms with Gasteiger partial charge in [0.05, 0.1) is 15.7 Å². The van der Waals surface area contributed by atoms with Crippen LogP contribution in [0.4, 0.5) is 10.1 Å². The number of benzene rings is 1. The van der Waals surface area contributed by atoms with Crippen molar-refractivity contribution in [3.63, 3.8) is 0 Å². The highest BCUT2D eigenvalue weighted by Crippen LogP contribution is 2.27. The molecule has 1 nitrogen and oxygen atoms in total. The highest BCUT2D eigenvalue weighted by molar-refractivity contribution is 6.42. The van der Waals surface area contributed by atoms with Crippen LogP contribution in [-0.4, -0.2) is 6.54 Å². The Morgan fingerprint density at radius 1 is 1.36 bits per heavy atom. The summed E-state index contributed by atoms with van der Waals surface area (Å²) in [4.78, 5) is 0. The molecule has 1 aromatic rings. The average Bonchev–Trinajstić information content (AvgIpc) is 2.14. The van der Waals surface area contributed by atoms with Crippen molar-refractivity contribution in [2.45, 2.75) is 6.42 Å². The van der Waals surface area contributed by atoms with Crippen LogP contribution in [0.3, 0.4) is 0 Å². The number of hydrogen-bond acceptors (Lipinski definition) is 1. The lowest BCUT2D eigenvalue weighted by molar-refractivity contribution is 0.630. The molecule has 0 fully saturated rings. The molecule has 0 aliphatic rings. The quantitative estimate of drug-likeness (QED) is 0.477. The monoisotopic (exact) mass is 231 g/mol. The Labute approximate surface area is 92.2 Å². The van der Waals surface area contributed by atoms with Gasteiger partial charge < -0.3 is 5.32 Å². The van der Waals surface area contributed by atoms with E-state index in [-0.39, 0.29) is 5.02 Å². The maximum absolute atomic E-state index is 13.2. The van der Waals surface area contributed by atoms with Crippen LogP contribution in [0.2, 0.25) is 10.0 Å². The first-order valence-corrected chi connectivity index (χ1v) is 4.72. The van der Waals surface area contributed by atoms with Crippen molar-refractivity contribution < 1.29 is 4.39 Å². The number of halogens is 3. The van der Waals surface area contributed by atoms with Crippen LogP contribution >= 0.6 is 23.2 Å². The van der Waals surface area contributed by atoms with Gasteiger partial charge >= 0.3 is 0 Å². The summed E-state index contributed by atoms with van der Waals surface area (Å²) in [5.74, 6) is 2.01. The third kappa shape index (κ3) is 2.80. The lowest BCUT2D eigenvalue weighted by atomic mass is 10.3. The topological polar surface area (TPSA) is 12.0 Å². The largest absolute Gasteiger partial charge is 0.382 e. The zero-order valence-electron chi connectivity index (χ0n) is 7.28. The van der Waals surface area contributed by atoms with E-state index in [1.165, 1.54) is 12.1 Å². The molecule has 0 aromatic heterocycles. The molecule has 0 amide bonds. The highest BCUT2D eigenvalue weighted by atomic mass is 35.5. The third-order valence-corrected chi connectivity index (χ3v) is 2.32. The Morgan fingerprint density at radius 3 is 2.64 bits per heavy atom. The van der Waals surface area contributed by atoms with E-state index in [0.717, 1.165) is 0 Å². The van der Waals surface area contributed by atoms with E-state index in [1.54, 1.807) is 0 Å². The van der Waals surface area contributed by atoms with Crippen molar-refractivity contribution in [3.8, 4) is 12.3 Å². The Bertz CT molecular complexity index is 371. The second kappa shape index (κ2) is 5.09. The molecule has 1 N–H and O–H groups in total. The number of nitrogens with one attached hydrogen (secondary N) is 1. The summed E-state index contributed by atoms with van der Waals surface area (Å²) in [7, 11) is 0. The third-order valence-electron chi connectivity index (χ3n) is 1.59. The molecule has 74 valence electrons. The van der Waals surface area contributed by atoms with E-state index in [9.17, 15) is 4.39 Å². The molecule has 0 bridgehead atoms. The molecule has 1 rings (SSSR count). The summed E-state index contributed by atoms with van der Waals surface area (Å²) in [6, 6.07) is 2.61. The fourth-order valence-electron chi connectivity index (χ4n) is 0.927. The highest BCUT2D eigenvalue weighted by Gasteiger charge is 2.06. The maximum atomic E-state index is 13.2. The summed E-state index contributed by atoms with van der Waals surface area (Å²) in [5, 5.41) is 3.34. The lowest BCUT2D eigenvalue weighted by Crippen LogP contribution is -2.02. The molecule has 0 aliphatic carbocycles. The van der Waals surface area contributed by atoms with Crippen molar-refractivity contribution >= 4 is 28.9 Å². The Hall–Kier alpha value is -0.910. The SMILES string of the molecule is C#CCCNc1cc(Cl)c(Cl)cc1F. The predicted octanol–water partition coefficient (Wildman–Crippen LogP) is 3.57. The van der Waals surface area contributed by atoms with E-state index >= 15 is 0 Å². The molecule has 0 atom stereocenters. The van der Waals surface area contributed by atoms with Crippen LogP contribution in [0.1, 0.15) is 6.42 Å². The Morgan fingerprint density at radius 2 is 2.00 bits per heavy atom. The number of rotatable bonds is 3. The minimum absolute atomic E-state index is 0.201. The molecular formula is C10H8Cl2FN. The van der Waals surface area contributed by atoms with Gasteiger partial charge in [-0.15, -0.1) is 12.3 Å². The summed E-state index contributed by atoms with van der Waals surface area (Å²) < 4.78 is 13.2. The average molecular weight is 232 g/mol. The molecule has 0 radical (unpaired) electrons. The first-order chi connectivity index (χ1) is 6.65. The van der Waals surface area contributed by atoms with Gasteiger partial charge in [-0.2, -0.15) is 0 Å². The molecule has 0 saturated carbocycles. The van der Waals surface area contributed by atoms with E-state index in [4.69, 9.17) is 29.6 Å². The van der Waals surface area contributed by atoms with Gasteiger partial charge in [0.25, 0.3) is 0 Å². The van der Waals surface area contributed by atoms with Crippen LogP contribution in [0.15, 0.2) is 12.1 Å². The predicted molar refractivity (Wildman–Crippen MR) is 58.4 cm³/mol. The minimum atomic E-state index is -0.434. The van der Waals surface area contributed by atoms with Crippen molar-refractivity contribution in [2.75, 3.05) is 11.9 Å². The molecular weight excluding hydrogens is 224 g/mol. The zero-order valence-corrected chi connectivity index (χ0v) is 8.79. The fourth-order valence-corrected chi connectivity index (χ4v) is 1.24. The number of hydrogen-bond donors (Lipinski definition) is 1. The zero-order chi connectivity index (χ0) is 10.6. The van der Waals surface area contributed by atoms with E-state index < -0.39 is 5.82 Å². The molecule has 4 heteroatoms. The van der Waals surface area contributed by atoms with Gasteiger partial charge in [0.1, 0.15) is 5.82 Å². The Kier molecular flexibility index (Phi) is 4.06. The van der Waals surface area contributed by atoms with E-state index in [0.29, 0.717) is 23.7 Å². The maximum Gasteiger partial charge on any atom is 0.147 e. The van der Waals surface area contributed by atoms with Gasteiger partial charge in [-0.25, -0.2) is 4.39 Å². The minimum Gasteiger partial charge on any atom is -0.382 e. The van der Waals surface area contributed by atoms with Crippen molar-refractivity contribution in [1.29, 1.82) is 0 Å². The molecule has 0 unspecified atom stereocenters. The summed E-state index contributed by atoms with van der Waals surface area (Å²) in [6.45, 7) is 0.505. The molecule has 0 saturated heterocycles.